The van der Waals surface area contributed by atoms with E-state index in [1.165, 1.54) is 0 Å². The molecule has 3 aromatic rings. The third-order valence-corrected chi connectivity index (χ3v) is 4.43. The lowest BCUT2D eigenvalue weighted by Crippen LogP contribution is -2.23. The number of aromatic nitrogens is 4. The Hall–Kier alpha value is -3.35. The van der Waals surface area contributed by atoms with Gasteiger partial charge in [-0.2, -0.15) is 0 Å². The van der Waals surface area contributed by atoms with Crippen LogP contribution in [0.15, 0.2) is 42.7 Å². The molecule has 1 aromatic carbocycles. The summed E-state index contributed by atoms with van der Waals surface area (Å²) in [5.74, 6) is 0.804. The topological polar surface area (TPSA) is 104 Å². The van der Waals surface area contributed by atoms with Gasteiger partial charge in [0, 0.05) is 24.7 Å². The molecule has 2 N–H and O–H groups in total. The van der Waals surface area contributed by atoms with Gasteiger partial charge in [-0.25, -0.2) is 19.9 Å². The molecule has 2 heterocycles. The normalized spacial score (nSPS) is 16.2. The van der Waals surface area contributed by atoms with Gasteiger partial charge in [-0.1, -0.05) is 18.2 Å². The van der Waals surface area contributed by atoms with E-state index in [4.69, 9.17) is 10.5 Å². The number of ether oxygens (including phenoxy) is 1. The van der Waals surface area contributed by atoms with E-state index < -0.39 is 0 Å². The summed E-state index contributed by atoms with van der Waals surface area (Å²) < 4.78 is 5.84. The number of nitrogens with two attached hydrogens (primary N) is 1. The molecule has 0 amide bonds. The van der Waals surface area contributed by atoms with Crippen molar-refractivity contribution in [2.45, 2.75) is 25.7 Å². The maximum Gasteiger partial charge on any atom is 0.321 e. The first kappa shape index (κ1) is 16.1. The van der Waals surface area contributed by atoms with Gasteiger partial charge in [-0.3, -0.25) is 4.79 Å². The first-order chi connectivity index (χ1) is 12.6. The van der Waals surface area contributed by atoms with Crippen LogP contribution in [0.5, 0.6) is 11.8 Å². The predicted octanol–water partition coefficient (Wildman–Crippen LogP) is 2.86. The number of para-hydroxylation sites is 1. The second-order valence-corrected chi connectivity index (χ2v) is 6.19. The molecular formula is C19H17N5O2. The van der Waals surface area contributed by atoms with Crippen LogP contribution < -0.4 is 10.5 Å². The van der Waals surface area contributed by atoms with Crippen LogP contribution in [0.4, 0.5) is 5.95 Å². The van der Waals surface area contributed by atoms with Crippen LogP contribution >= 0.6 is 0 Å². The second-order valence-electron chi connectivity index (χ2n) is 6.19. The van der Waals surface area contributed by atoms with E-state index in [0.717, 1.165) is 5.56 Å². The van der Waals surface area contributed by atoms with Crippen LogP contribution in [0.25, 0.3) is 0 Å². The van der Waals surface area contributed by atoms with Crippen molar-refractivity contribution < 1.29 is 9.53 Å². The quantitative estimate of drug-likeness (QED) is 0.777. The second kappa shape index (κ2) is 6.51. The molecule has 26 heavy (non-hydrogen) atoms. The standard InChI is InChI=1S/C19H17N5O2/c1-11-17-14(24-18(20)23-11)9-12(10-15(17)25)13-5-2-3-6-16(13)26-19-21-7-4-8-22-19/h2-8,12H,9-10H2,1H3,(H2,20,23,24). The maximum atomic E-state index is 12.7. The minimum atomic E-state index is -0.0522. The number of anilines is 1. The Bertz CT molecular complexity index is 975. The number of hydrogen-bond acceptors (Lipinski definition) is 7. The summed E-state index contributed by atoms with van der Waals surface area (Å²) in [5, 5.41) is 0. The van der Waals surface area contributed by atoms with Gasteiger partial charge in [0.15, 0.2) is 5.78 Å². The average molecular weight is 347 g/mol. The van der Waals surface area contributed by atoms with Crippen LogP contribution in [-0.2, 0) is 6.42 Å². The van der Waals surface area contributed by atoms with Crippen molar-refractivity contribution in [3.05, 3.63) is 65.2 Å². The van der Waals surface area contributed by atoms with Crippen molar-refractivity contribution >= 4 is 11.7 Å². The van der Waals surface area contributed by atoms with Crippen LogP contribution in [0.1, 0.15) is 39.6 Å². The molecule has 1 atom stereocenters. The summed E-state index contributed by atoms with van der Waals surface area (Å²) in [5.41, 5.74) is 8.63. The first-order valence-electron chi connectivity index (χ1n) is 8.32. The van der Waals surface area contributed by atoms with Gasteiger partial charge in [0.25, 0.3) is 0 Å². The van der Waals surface area contributed by atoms with Crippen molar-refractivity contribution in [3.8, 4) is 11.8 Å². The summed E-state index contributed by atoms with van der Waals surface area (Å²) in [6.45, 7) is 1.79. The van der Waals surface area contributed by atoms with E-state index in [0.29, 0.717) is 35.5 Å². The lowest BCUT2D eigenvalue weighted by atomic mass is 9.81. The Kier molecular flexibility index (Phi) is 4.04. The number of hydrogen-bond donors (Lipinski definition) is 1. The Balaban J connectivity index is 1.70. The molecule has 0 fully saturated rings. The molecule has 0 bridgehead atoms. The molecule has 7 heteroatoms. The summed E-state index contributed by atoms with van der Waals surface area (Å²) in [6, 6.07) is 9.61. The van der Waals surface area contributed by atoms with E-state index in [1.807, 2.05) is 24.3 Å². The summed E-state index contributed by atoms with van der Waals surface area (Å²) in [4.78, 5) is 29.3. The maximum absolute atomic E-state index is 12.7. The molecule has 130 valence electrons. The number of carbonyl (C=O) groups is 1. The Morgan fingerprint density at radius 1 is 1.08 bits per heavy atom. The number of fused-ring (bicyclic) bond motifs is 1. The lowest BCUT2D eigenvalue weighted by molar-refractivity contribution is 0.0961. The van der Waals surface area contributed by atoms with E-state index >= 15 is 0 Å². The first-order valence-corrected chi connectivity index (χ1v) is 8.32. The zero-order chi connectivity index (χ0) is 18.1. The molecule has 4 rings (SSSR count). The zero-order valence-corrected chi connectivity index (χ0v) is 14.2. The number of rotatable bonds is 3. The molecular weight excluding hydrogens is 330 g/mol. The van der Waals surface area contributed by atoms with Crippen molar-refractivity contribution in [2.24, 2.45) is 0 Å². The third-order valence-electron chi connectivity index (χ3n) is 4.43. The minimum Gasteiger partial charge on any atom is -0.424 e. The van der Waals surface area contributed by atoms with E-state index in [1.54, 1.807) is 25.4 Å². The molecule has 7 nitrogen and oxygen atoms in total. The highest BCUT2D eigenvalue weighted by Crippen LogP contribution is 2.38. The van der Waals surface area contributed by atoms with Gasteiger partial charge in [0.2, 0.25) is 5.95 Å². The smallest absolute Gasteiger partial charge is 0.321 e. The molecule has 0 saturated heterocycles. The highest BCUT2D eigenvalue weighted by Gasteiger charge is 2.31. The fourth-order valence-corrected chi connectivity index (χ4v) is 3.36. The van der Waals surface area contributed by atoms with Crippen molar-refractivity contribution in [2.75, 3.05) is 5.73 Å². The predicted molar refractivity (Wildman–Crippen MR) is 95.1 cm³/mol. The van der Waals surface area contributed by atoms with Crippen LogP contribution in [0.3, 0.4) is 0 Å². The molecule has 0 spiro atoms. The lowest BCUT2D eigenvalue weighted by Gasteiger charge is -2.25. The molecule has 1 aliphatic carbocycles. The molecule has 2 aromatic heterocycles. The number of benzene rings is 1. The molecule has 1 unspecified atom stereocenters. The highest BCUT2D eigenvalue weighted by atomic mass is 16.5. The zero-order valence-electron chi connectivity index (χ0n) is 14.2. The minimum absolute atomic E-state index is 0.0273. The van der Waals surface area contributed by atoms with Crippen LogP contribution in [-0.4, -0.2) is 25.7 Å². The summed E-state index contributed by atoms with van der Waals surface area (Å²) in [6.07, 6.45) is 4.21. The monoisotopic (exact) mass is 347 g/mol. The van der Waals surface area contributed by atoms with E-state index in [2.05, 4.69) is 19.9 Å². The Morgan fingerprint density at radius 2 is 1.85 bits per heavy atom. The molecule has 1 aliphatic rings. The number of aryl methyl sites for hydroxylation is 1. The van der Waals surface area contributed by atoms with Gasteiger partial charge < -0.3 is 10.5 Å². The van der Waals surface area contributed by atoms with Gasteiger partial charge in [-0.15, -0.1) is 0 Å². The van der Waals surface area contributed by atoms with Gasteiger partial charge in [0.1, 0.15) is 5.75 Å². The highest BCUT2D eigenvalue weighted by molar-refractivity contribution is 5.99. The van der Waals surface area contributed by atoms with Crippen molar-refractivity contribution in [1.82, 2.24) is 19.9 Å². The van der Waals surface area contributed by atoms with E-state index in [-0.39, 0.29) is 23.7 Å². The van der Waals surface area contributed by atoms with Crippen LogP contribution in [0, 0.1) is 6.92 Å². The molecule has 0 saturated carbocycles. The fourth-order valence-electron chi connectivity index (χ4n) is 3.36. The number of carbonyl (C=O) groups excluding carboxylic acids is 1. The molecule has 0 aliphatic heterocycles. The van der Waals surface area contributed by atoms with Gasteiger partial charge in [0.05, 0.1) is 17.0 Å². The fraction of sp³-hybridized carbons (Fsp3) is 0.211. The summed E-state index contributed by atoms with van der Waals surface area (Å²) >= 11 is 0. The Morgan fingerprint density at radius 3 is 2.65 bits per heavy atom. The van der Waals surface area contributed by atoms with Crippen molar-refractivity contribution in [3.63, 3.8) is 0 Å². The average Bonchev–Trinajstić information content (AvgIpc) is 2.62. The van der Waals surface area contributed by atoms with Crippen molar-refractivity contribution in [1.29, 1.82) is 0 Å². The summed E-state index contributed by atoms with van der Waals surface area (Å²) in [7, 11) is 0. The van der Waals surface area contributed by atoms with Crippen LogP contribution in [0.2, 0.25) is 0 Å². The largest absolute Gasteiger partial charge is 0.424 e. The Labute approximate surface area is 150 Å². The number of nitrogen functional groups attached to an aromatic ring is 1. The number of nitrogens with zero attached hydrogens (tertiary/aromatic N) is 4. The van der Waals surface area contributed by atoms with E-state index in [9.17, 15) is 4.79 Å². The van der Waals surface area contributed by atoms with Gasteiger partial charge in [-0.05, 0) is 31.0 Å². The van der Waals surface area contributed by atoms with Gasteiger partial charge >= 0.3 is 6.01 Å². The third kappa shape index (κ3) is 2.99. The molecule has 0 radical (unpaired) electrons. The number of ketones is 1. The SMILES string of the molecule is Cc1nc(N)nc2c1C(=O)CC(c1ccccc1Oc1ncccn1)C2. The number of Topliss-reactive ketones (excluding diaryl/α,β-unsaturated/α-hetero) is 1.